The molecule has 1 heterocycles. The molecule has 0 unspecified atom stereocenters. The number of carbonyl (C=O) groups is 1. The van der Waals surface area contributed by atoms with Gasteiger partial charge in [-0.15, -0.1) is 0 Å². The van der Waals surface area contributed by atoms with E-state index in [1.807, 2.05) is 6.92 Å². The second-order valence-electron chi connectivity index (χ2n) is 2.92. The molecule has 0 bridgehead atoms. The number of hydrogen-bond donors (Lipinski definition) is 1. The summed E-state index contributed by atoms with van der Waals surface area (Å²) < 4.78 is 10.0. The normalized spacial score (nSPS) is 10.0. The summed E-state index contributed by atoms with van der Waals surface area (Å²) in [6.45, 7) is 4.44. The van der Waals surface area contributed by atoms with Crippen molar-refractivity contribution in [1.82, 2.24) is 9.97 Å². The molecule has 0 aliphatic heterocycles. The lowest BCUT2D eigenvalue weighted by Crippen LogP contribution is -2.08. The highest BCUT2D eigenvalue weighted by atomic mass is 32.2. The van der Waals surface area contributed by atoms with Crippen molar-refractivity contribution in [2.75, 3.05) is 24.7 Å². The third-order valence-corrected chi connectivity index (χ3v) is 2.70. The summed E-state index contributed by atoms with van der Waals surface area (Å²) in [6.07, 6.45) is 1.36. The van der Waals surface area contributed by atoms with Crippen molar-refractivity contribution in [3.05, 3.63) is 6.33 Å². The molecule has 0 saturated carbocycles. The van der Waals surface area contributed by atoms with Crippen LogP contribution in [0, 0.1) is 0 Å². The van der Waals surface area contributed by atoms with Crippen molar-refractivity contribution in [1.29, 1.82) is 0 Å². The van der Waals surface area contributed by atoms with Crippen LogP contribution in [-0.2, 0) is 9.53 Å². The van der Waals surface area contributed by atoms with Crippen LogP contribution in [-0.4, -0.2) is 34.9 Å². The monoisotopic (exact) mass is 257 g/mol. The molecule has 0 aromatic carbocycles. The van der Waals surface area contributed by atoms with E-state index in [4.69, 9.17) is 15.2 Å². The molecule has 1 aromatic rings. The first kappa shape index (κ1) is 13.6. The molecule has 1 aromatic heterocycles. The number of ether oxygens (including phenoxy) is 2. The molecular formula is C10H15N3O3S. The van der Waals surface area contributed by atoms with Gasteiger partial charge in [-0.3, -0.25) is 4.79 Å². The fourth-order valence-electron chi connectivity index (χ4n) is 1.06. The Morgan fingerprint density at radius 1 is 1.41 bits per heavy atom. The van der Waals surface area contributed by atoms with Crippen molar-refractivity contribution in [2.24, 2.45) is 0 Å². The highest BCUT2D eigenvalue weighted by Crippen LogP contribution is 2.28. The molecule has 0 radical (unpaired) electrons. The van der Waals surface area contributed by atoms with E-state index >= 15 is 0 Å². The number of nitrogens with zero attached hydrogens (tertiary/aromatic N) is 2. The Morgan fingerprint density at radius 3 is 2.82 bits per heavy atom. The molecule has 7 heteroatoms. The van der Waals surface area contributed by atoms with Gasteiger partial charge in [0, 0.05) is 0 Å². The number of rotatable bonds is 6. The van der Waals surface area contributed by atoms with E-state index in [2.05, 4.69) is 9.97 Å². The SMILES string of the molecule is CCOC(=O)CSc1ncnc(OCC)c1N. The van der Waals surface area contributed by atoms with Gasteiger partial charge in [-0.25, -0.2) is 4.98 Å². The van der Waals surface area contributed by atoms with E-state index in [1.165, 1.54) is 18.1 Å². The van der Waals surface area contributed by atoms with Crippen molar-refractivity contribution in [2.45, 2.75) is 18.9 Å². The lowest BCUT2D eigenvalue weighted by atomic mass is 10.5. The van der Waals surface area contributed by atoms with E-state index in [9.17, 15) is 4.79 Å². The second kappa shape index (κ2) is 6.95. The Labute approximate surface area is 104 Å². The predicted molar refractivity (Wildman–Crippen MR) is 65.0 cm³/mol. The first-order chi connectivity index (χ1) is 8.19. The highest BCUT2D eigenvalue weighted by Gasteiger charge is 2.11. The van der Waals surface area contributed by atoms with Crippen LogP contribution in [0.25, 0.3) is 0 Å². The number of anilines is 1. The van der Waals surface area contributed by atoms with E-state index in [0.29, 0.717) is 29.8 Å². The molecule has 0 aliphatic carbocycles. The fourth-order valence-corrected chi connectivity index (χ4v) is 1.76. The average Bonchev–Trinajstić information content (AvgIpc) is 2.31. The van der Waals surface area contributed by atoms with Crippen molar-refractivity contribution < 1.29 is 14.3 Å². The predicted octanol–water partition coefficient (Wildman–Crippen LogP) is 1.11. The number of hydrogen-bond acceptors (Lipinski definition) is 7. The maximum atomic E-state index is 11.2. The largest absolute Gasteiger partial charge is 0.476 e. The summed E-state index contributed by atoms with van der Waals surface area (Å²) in [4.78, 5) is 19.1. The fraction of sp³-hybridized carbons (Fsp3) is 0.500. The molecule has 6 nitrogen and oxygen atoms in total. The smallest absolute Gasteiger partial charge is 0.316 e. The Bertz CT molecular complexity index is 387. The molecule has 17 heavy (non-hydrogen) atoms. The van der Waals surface area contributed by atoms with Crippen molar-refractivity contribution in [3.63, 3.8) is 0 Å². The molecular weight excluding hydrogens is 242 g/mol. The van der Waals surface area contributed by atoms with E-state index in [0.717, 1.165) is 0 Å². The highest BCUT2D eigenvalue weighted by molar-refractivity contribution is 8.00. The van der Waals surface area contributed by atoms with Crippen LogP contribution in [0.2, 0.25) is 0 Å². The Kier molecular flexibility index (Phi) is 5.55. The summed E-state index contributed by atoms with van der Waals surface area (Å²) in [5, 5.41) is 0.525. The average molecular weight is 257 g/mol. The van der Waals surface area contributed by atoms with Gasteiger partial charge >= 0.3 is 5.97 Å². The van der Waals surface area contributed by atoms with E-state index < -0.39 is 0 Å². The third-order valence-electron chi connectivity index (χ3n) is 1.72. The summed E-state index contributed by atoms with van der Waals surface area (Å²) in [5.74, 6) is 0.211. The molecule has 0 saturated heterocycles. The maximum Gasteiger partial charge on any atom is 0.316 e. The number of nitrogens with two attached hydrogens (primary N) is 1. The van der Waals surface area contributed by atoms with Gasteiger partial charge in [0.2, 0.25) is 5.88 Å². The minimum atomic E-state index is -0.298. The van der Waals surface area contributed by atoms with Gasteiger partial charge in [0.05, 0.1) is 19.0 Å². The number of carbonyl (C=O) groups excluding carboxylic acids is 1. The molecule has 2 N–H and O–H groups in total. The zero-order valence-electron chi connectivity index (χ0n) is 9.80. The molecule has 0 spiro atoms. The summed E-state index contributed by atoms with van der Waals surface area (Å²) >= 11 is 1.20. The van der Waals surface area contributed by atoms with Gasteiger partial charge in [0.15, 0.2) is 0 Å². The van der Waals surface area contributed by atoms with Gasteiger partial charge < -0.3 is 15.2 Å². The van der Waals surface area contributed by atoms with Crippen LogP contribution >= 0.6 is 11.8 Å². The van der Waals surface area contributed by atoms with Crippen LogP contribution < -0.4 is 10.5 Å². The van der Waals surface area contributed by atoms with Gasteiger partial charge in [-0.05, 0) is 13.8 Å². The van der Waals surface area contributed by atoms with Gasteiger partial charge in [-0.2, -0.15) is 4.98 Å². The lowest BCUT2D eigenvalue weighted by Gasteiger charge is -2.08. The second-order valence-corrected chi connectivity index (χ2v) is 3.89. The summed E-state index contributed by atoms with van der Waals surface area (Å²) in [6, 6.07) is 0. The first-order valence-electron chi connectivity index (χ1n) is 5.20. The molecule has 0 amide bonds. The van der Waals surface area contributed by atoms with Gasteiger partial charge in [0.1, 0.15) is 17.0 Å². The first-order valence-corrected chi connectivity index (χ1v) is 6.19. The topological polar surface area (TPSA) is 87.3 Å². The van der Waals surface area contributed by atoms with Crippen LogP contribution in [0.5, 0.6) is 5.88 Å². The Morgan fingerprint density at radius 2 is 2.18 bits per heavy atom. The minimum Gasteiger partial charge on any atom is -0.476 e. The Hall–Kier alpha value is -1.50. The standard InChI is InChI=1S/C10H15N3O3S/c1-3-15-7(14)5-17-10-8(11)9(16-4-2)12-6-13-10/h6H,3-5,11H2,1-2H3. The number of esters is 1. The summed E-state index contributed by atoms with van der Waals surface area (Å²) in [7, 11) is 0. The van der Waals surface area contributed by atoms with Gasteiger partial charge in [0.25, 0.3) is 0 Å². The van der Waals surface area contributed by atoms with Crippen LogP contribution in [0.15, 0.2) is 11.4 Å². The van der Waals surface area contributed by atoms with Crippen LogP contribution in [0.1, 0.15) is 13.8 Å². The maximum absolute atomic E-state index is 11.2. The molecule has 1 rings (SSSR count). The van der Waals surface area contributed by atoms with Crippen LogP contribution in [0.4, 0.5) is 5.69 Å². The zero-order valence-corrected chi connectivity index (χ0v) is 10.6. The minimum absolute atomic E-state index is 0.167. The van der Waals surface area contributed by atoms with E-state index in [1.54, 1.807) is 6.92 Å². The number of nitrogen functional groups attached to an aromatic ring is 1. The lowest BCUT2D eigenvalue weighted by molar-refractivity contribution is -0.139. The van der Waals surface area contributed by atoms with Crippen LogP contribution in [0.3, 0.4) is 0 Å². The molecule has 0 fully saturated rings. The van der Waals surface area contributed by atoms with Gasteiger partial charge in [-0.1, -0.05) is 11.8 Å². The quantitative estimate of drug-likeness (QED) is 0.464. The Balaban J connectivity index is 2.64. The zero-order chi connectivity index (χ0) is 12.7. The number of thioether (sulfide) groups is 1. The van der Waals surface area contributed by atoms with Crippen molar-refractivity contribution in [3.8, 4) is 5.88 Å². The number of aromatic nitrogens is 2. The van der Waals surface area contributed by atoms with Crippen molar-refractivity contribution >= 4 is 23.4 Å². The summed E-state index contributed by atoms with van der Waals surface area (Å²) in [5.41, 5.74) is 6.16. The molecule has 94 valence electrons. The molecule has 0 aliphatic rings. The third kappa shape index (κ3) is 4.10. The van der Waals surface area contributed by atoms with E-state index in [-0.39, 0.29) is 11.7 Å². The molecule has 0 atom stereocenters.